The van der Waals surface area contributed by atoms with Gasteiger partial charge in [0.25, 0.3) is 0 Å². The van der Waals surface area contributed by atoms with Gasteiger partial charge in [-0.25, -0.2) is 4.79 Å². The van der Waals surface area contributed by atoms with Crippen LogP contribution < -0.4 is 5.32 Å². The van der Waals surface area contributed by atoms with Crippen LogP contribution in [0.4, 0.5) is 5.82 Å². The summed E-state index contributed by atoms with van der Waals surface area (Å²) in [4.78, 5) is 13.0. The molecule has 1 aliphatic rings. The molecule has 0 saturated carbocycles. The van der Waals surface area contributed by atoms with Crippen LogP contribution in [-0.2, 0) is 0 Å². The van der Waals surface area contributed by atoms with Gasteiger partial charge >= 0.3 is 5.97 Å². The Morgan fingerprint density at radius 3 is 2.94 bits per heavy atom. The van der Waals surface area contributed by atoms with Crippen molar-refractivity contribution >= 4 is 11.8 Å². The van der Waals surface area contributed by atoms with Gasteiger partial charge in [-0.2, -0.15) is 0 Å². The second-order valence-electron chi connectivity index (χ2n) is 4.54. The molecule has 1 atom stereocenters. The van der Waals surface area contributed by atoms with Crippen LogP contribution in [0.15, 0.2) is 12.1 Å². The highest BCUT2D eigenvalue weighted by Crippen LogP contribution is 2.16. The summed E-state index contributed by atoms with van der Waals surface area (Å²) in [6.07, 6.45) is 1.20. The monoisotopic (exact) mass is 250 g/mol. The molecule has 0 aliphatic carbocycles. The van der Waals surface area contributed by atoms with Gasteiger partial charge in [0.05, 0.1) is 0 Å². The molecule has 0 aromatic carbocycles. The number of nitrogens with zero attached hydrogens (tertiary/aromatic N) is 3. The number of carbonyl (C=O) groups is 1. The Morgan fingerprint density at radius 2 is 2.39 bits per heavy atom. The quantitative estimate of drug-likeness (QED) is 0.809. The zero-order chi connectivity index (χ0) is 13.0. The van der Waals surface area contributed by atoms with E-state index in [4.69, 9.17) is 5.11 Å². The van der Waals surface area contributed by atoms with E-state index in [1.54, 1.807) is 6.07 Å². The van der Waals surface area contributed by atoms with Gasteiger partial charge in [-0.1, -0.05) is 6.92 Å². The van der Waals surface area contributed by atoms with E-state index in [1.165, 1.54) is 12.5 Å². The van der Waals surface area contributed by atoms with E-state index in [1.807, 2.05) is 0 Å². The van der Waals surface area contributed by atoms with Crippen molar-refractivity contribution in [3.8, 4) is 0 Å². The Balaban J connectivity index is 1.82. The SMILES string of the molecule is CCN1CCC(CNc2ccc(C(=O)O)nn2)C1. The number of carboxylic acid groups (broad SMARTS) is 1. The third kappa shape index (κ3) is 3.16. The lowest BCUT2D eigenvalue weighted by Crippen LogP contribution is -2.22. The highest BCUT2D eigenvalue weighted by molar-refractivity contribution is 5.85. The van der Waals surface area contributed by atoms with Crippen molar-refractivity contribution in [1.82, 2.24) is 15.1 Å². The number of aromatic carboxylic acids is 1. The van der Waals surface area contributed by atoms with Crippen LogP contribution in [0.5, 0.6) is 0 Å². The molecule has 1 aromatic rings. The number of anilines is 1. The fraction of sp³-hybridized carbons (Fsp3) is 0.583. The normalized spacial score (nSPS) is 19.9. The van der Waals surface area contributed by atoms with Crippen LogP contribution in [0, 0.1) is 5.92 Å². The first-order chi connectivity index (χ1) is 8.69. The molecule has 6 heteroatoms. The van der Waals surface area contributed by atoms with Crippen molar-refractivity contribution in [2.24, 2.45) is 5.92 Å². The zero-order valence-corrected chi connectivity index (χ0v) is 10.5. The molecule has 2 heterocycles. The summed E-state index contributed by atoms with van der Waals surface area (Å²) in [7, 11) is 0. The van der Waals surface area contributed by atoms with Gasteiger partial charge in [-0.05, 0) is 37.6 Å². The van der Waals surface area contributed by atoms with Crippen LogP contribution >= 0.6 is 0 Å². The standard InChI is InChI=1S/C12H18N4O2/c1-2-16-6-5-9(8-16)7-13-11-4-3-10(12(17)18)14-15-11/h3-4,9H,2,5-8H2,1H3,(H,13,15)(H,17,18). The lowest BCUT2D eigenvalue weighted by atomic mass is 10.1. The predicted molar refractivity (Wildman–Crippen MR) is 67.7 cm³/mol. The molecule has 6 nitrogen and oxygen atoms in total. The second kappa shape index (κ2) is 5.77. The Morgan fingerprint density at radius 1 is 1.56 bits per heavy atom. The number of nitrogens with one attached hydrogen (secondary N) is 1. The Bertz CT molecular complexity index is 407. The molecule has 1 unspecified atom stereocenters. The smallest absolute Gasteiger partial charge is 0.356 e. The molecule has 98 valence electrons. The van der Waals surface area contributed by atoms with E-state index in [0.29, 0.717) is 11.7 Å². The summed E-state index contributed by atoms with van der Waals surface area (Å²) in [5.41, 5.74) is -0.0291. The highest BCUT2D eigenvalue weighted by Gasteiger charge is 2.20. The van der Waals surface area contributed by atoms with Crippen molar-refractivity contribution in [3.63, 3.8) is 0 Å². The van der Waals surface area contributed by atoms with Gasteiger partial charge in [0.2, 0.25) is 0 Å². The molecule has 2 rings (SSSR count). The maximum absolute atomic E-state index is 10.6. The lowest BCUT2D eigenvalue weighted by molar-refractivity contribution is 0.0689. The summed E-state index contributed by atoms with van der Waals surface area (Å²) in [5.74, 6) is 0.212. The van der Waals surface area contributed by atoms with Crippen molar-refractivity contribution < 1.29 is 9.90 Å². The predicted octanol–water partition coefficient (Wildman–Crippen LogP) is 0.928. The number of rotatable bonds is 5. The van der Waals surface area contributed by atoms with E-state index in [2.05, 4.69) is 27.3 Å². The van der Waals surface area contributed by atoms with Crippen LogP contribution in [0.3, 0.4) is 0 Å². The number of hydrogen-bond acceptors (Lipinski definition) is 5. The third-order valence-corrected chi connectivity index (χ3v) is 3.27. The van der Waals surface area contributed by atoms with E-state index in [9.17, 15) is 4.79 Å². The highest BCUT2D eigenvalue weighted by atomic mass is 16.4. The van der Waals surface area contributed by atoms with E-state index < -0.39 is 5.97 Å². The molecule has 2 N–H and O–H groups in total. The molecule has 0 spiro atoms. The topological polar surface area (TPSA) is 78.4 Å². The fourth-order valence-corrected chi connectivity index (χ4v) is 2.16. The lowest BCUT2D eigenvalue weighted by Gasteiger charge is -2.13. The molecule has 18 heavy (non-hydrogen) atoms. The van der Waals surface area contributed by atoms with E-state index in [0.717, 1.165) is 26.2 Å². The Hall–Kier alpha value is -1.69. The van der Waals surface area contributed by atoms with Gasteiger partial charge in [-0.3, -0.25) is 0 Å². The van der Waals surface area contributed by atoms with Gasteiger partial charge in [0, 0.05) is 13.1 Å². The van der Waals surface area contributed by atoms with Crippen molar-refractivity contribution in [3.05, 3.63) is 17.8 Å². The first kappa shape index (κ1) is 12.8. The Labute approximate surface area is 106 Å². The molecule has 0 bridgehead atoms. The molecule has 1 aliphatic heterocycles. The molecule has 0 amide bonds. The van der Waals surface area contributed by atoms with E-state index >= 15 is 0 Å². The van der Waals surface area contributed by atoms with Gasteiger partial charge in [0.15, 0.2) is 5.69 Å². The third-order valence-electron chi connectivity index (χ3n) is 3.27. The van der Waals surface area contributed by atoms with Gasteiger partial charge < -0.3 is 15.3 Å². The largest absolute Gasteiger partial charge is 0.476 e. The average molecular weight is 250 g/mol. The molecule has 1 saturated heterocycles. The summed E-state index contributed by atoms with van der Waals surface area (Å²) >= 11 is 0. The van der Waals surface area contributed by atoms with Crippen molar-refractivity contribution in [2.45, 2.75) is 13.3 Å². The Kier molecular flexibility index (Phi) is 4.09. The second-order valence-corrected chi connectivity index (χ2v) is 4.54. The molecule has 1 aromatic heterocycles. The van der Waals surface area contributed by atoms with Crippen LogP contribution in [0.2, 0.25) is 0 Å². The van der Waals surface area contributed by atoms with Crippen LogP contribution in [-0.4, -0.2) is 52.4 Å². The maximum Gasteiger partial charge on any atom is 0.356 e. The molecule has 0 radical (unpaired) electrons. The molecular formula is C12H18N4O2. The average Bonchev–Trinajstić information content (AvgIpc) is 2.85. The summed E-state index contributed by atoms with van der Waals surface area (Å²) in [6, 6.07) is 3.12. The van der Waals surface area contributed by atoms with E-state index in [-0.39, 0.29) is 5.69 Å². The fourth-order valence-electron chi connectivity index (χ4n) is 2.16. The first-order valence-corrected chi connectivity index (χ1v) is 6.22. The molecule has 1 fully saturated rings. The van der Waals surface area contributed by atoms with Crippen molar-refractivity contribution in [1.29, 1.82) is 0 Å². The number of likely N-dealkylation sites (tertiary alicyclic amines) is 1. The van der Waals surface area contributed by atoms with Crippen LogP contribution in [0.1, 0.15) is 23.8 Å². The maximum atomic E-state index is 10.6. The zero-order valence-electron chi connectivity index (χ0n) is 10.5. The van der Waals surface area contributed by atoms with Crippen LogP contribution in [0.25, 0.3) is 0 Å². The number of aromatic nitrogens is 2. The summed E-state index contributed by atoms with van der Waals surface area (Å²) in [6.45, 7) is 6.41. The minimum atomic E-state index is -1.05. The number of carboxylic acids is 1. The van der Waals surface area contributed by atoms with Crippen molar-refractivity contribution in [2.75, 3.05) is 31.5 Å². The summed E-state index contributed by atoms with van der Waals surface area (Å²) in [5, 5.41) is 19.4. The molecular weight excluding hydrogens is 232 g/mol. The first-order valence-electron chi connectivity index (χ1n) is 6.22. The van der Waals surface area contributed by atoms with Gasteiger partial charge in [-0.15, -0.1) is 10.2 Å². The number of hydrogen-bond donors (Lipinski definition) is 2. The minimum Gasteiger partial charge on any atom is -0.476 e. The summed E-state index contributed by atoms with van der Waals surface area (Å²) < 4.78 is 0. The minimum absolute atomic E-state index is 0.0291. The van der Waals surface area contributed by atoms with Gasteiger partial charge in [0.1, 0.15) is 5.82 Å².